The fourth-order valence-corrected chi connectivity index (χ4v) is 6.63. The summed E-state index contributed by atoms with van der Waals surface area (Å²) in [4.78, 5) is 27.0. The number of aryl methyl sites for hydroxylation is 1. The minimum absolute atomic E-state index is 0.0912. The van der Waals surface area contributed by atoms with Crippen LogP contribution in [0.25, 0.3) is 10.2 Å². The van der Waals surface area contributed by atoms with Gasteiger partial charge >= 0.3 is 4.87 Å². The summed E-state index contributed by atoms with van der Waals surface area (Å²) >= 11 is 1.05. The van der Waals surface area contributed by atoms with E-state index in [9.17, 15) is 18.0 Å². The average Bonchev–Trinajstić information content (AvgIpc) is 3.17. The molecule has 1 fully saturated rings. The molecule has 1 amide bonds. The molecular weight excluding hydrogens is 478 g/mol. The highest BCUT2D eigenvalue weighted by molar-refractivity contribution is 7.89. The molecule has 0 aliphatic carbocycles. The van der Waals surface area contributed by atoms with Crippen molar-refractivity contribution in [3.05, 3.63) is 51.6 Å². The van der Waals surface area contributed by atoms with Crippen molar-refractivity contribution in [1.29, 1.82) is 0 Å². The molecule has 3 aromatic rings. The van der Waals surface area contributed by atoms with E-state index in [-0.39, 0.29) is 41.9 Å². The zero-order chi connectivity index (χ0) is 24.5. The van der Waals surface area contributed by atoms with Gasteiger partial charge in [0.1, 0.15) is 0 Å². The number of carbonyl (C=O) groups is 1. The summed E-state index contributed by atoms with van der Waals surface area (Å²) in [5.74, 6) is 0.573. The van der Waals surface area contributed by atoms with Gasteiger partial charge in [-0.2, -0.15) is 4.31 Å². The number of aromatic nitrogens is 1. The van der Waals surface area contributed by atoms with E-state index in [1.807, 2.05) is 6.92 Å². The Hall–Kier alpha value is -2.89. The maximum atomic E-state index is 13.3. The molecule has 1 aliphatic heterocycles. The van der Waals surface area contributed by atoms with E-state index in [0.717, 1.165) is 23.3 Å². The van der Waals surface area contributed by atoms with E-state index in [1.54, 1.807) is 45.9 Å². The number of fused-ring (bicyclic) bond motifs is 1. The molecule has 0 atom stereocenters. The Morgan fingerprint density at radius 1 is 1.06 bits per heavy atom. The molecule has 1 aromatic heterocycles. The smallest absolute Gasteiger partial charge is 0.308 e. The van der Waals surface area contributed by atoms with Gasteiger partial charge in [-0.25, -0.2) is 8.42 Å². The SMILES string of the molecule is CCCn1c(=O)sc2cc(S(=O)(=O)N3CCN(C(=O)c4cccc(OC)c4OC)CC3)ccc21. The van der Waals surface area contributed by atoms with E-state index in [2.05, 4.69) is 0 Å². The van der Waals surface area contributed by atoms with Crippen molar-refractivity contribution < 1.29 is 22.7 Å². The Balaban J connectivity index is 1.52. The van der Waals surface area contributed by atoms with E-state index < -0.39 is 10.0 Å². The van der Waals surface area contributed by atoms with Crippen LogP contribution < -0.4 is 14.3 Å². The van der Waals surface area contributed by atoms with Crippen LogP contribution in [0, 0.1) is 0 Å². The molecular formula is C23H27N3O6S2. The van der Waals surface area contributed by atoms with Crippen LogP contribution in [0.4, 0.5) is 0 Å². The quantitative estimate of drug-likeness (QED) is 0.490. The number of hydrogen-bond donors (Lipinski definition) is 0. The first-order valence-corrected chi connectivity index (χ1v) is 13.2. The van der Waals surface area contributed by atoms with Crippen molar-refractivity contribution in [2.24, 2.45) is 0 Å². The number of nitrogens with zero attached hydrogens (tertiary/aromatic N) is 3. The standard InChI is InChI=1S/C23H27N3O6S2/c1-4-10-26-18-9-8-16(15-20(18)33-23(26)28)34(29,30)25-13-11-24(12-14-25)22(27)17-6-5-7-19(31-2)21(17)32-3/h5-9,15H,4,10-14H2,1-3H3. The number of amides is 1. The fraction of sp³-hybridized carbons (Fsp3) is 0.391. The van der Waals surface area contributed by atoms with Gasteiger partial charge in [-0.15, -0.1) is 0 Å². The number of thiazole rings is 1. The van der Waals surface area contributed by atoms with Crippen molar-refractivity contribution in [2.45, 2.75) is 24.8 Å². The van der Waals surface area contributed by atoms with Crippen molar-refractivity contribution >= 4 is 37.5 Å². The summed E-state index contributed by atoms with van der Waals surface area (Å²) in [6, 6.07) is 9.91. The molecule has 0 unspecified atom stereocenters. The summed E-state index contributed by atoms with van der Waals surface area (Å²) in [5, 5.41) is 0. The second-order valence-corrected chi connectivity index (χ2v) is 10.8. The molecule has 0 saturated carbocycles. The molecule has 11 heteroatoms. The van der Waals surface area contributed by atoms with Gasteiger partial charge < -0.3 is 14.4 Å². The Morgan fingerprint density at radius 3 is 2.44 bits per heavy atom. The molecule has 1 saturated heterocycles. The van der Waals surface area contributed by atoms with E-state index in [1.165, 1.54) is 18.5 Å². The second-order valence-electron chi connectivity index (χ2n) is 7.89. The van der Waals surface area contributed by atoms with Crippen LogP contribution in [0.2, 0.25) is 0 Å². The number of methoxy groups -OCH3 is 2. The summed E-state index contributed by atoms with van der Waals surface area (Å²) in [7, 11) is -0.781. The highest BCUT2D eigenvalue weighted by Crippen LogP contribution is 2.32. The van der Waals surface area contributed by atoms with Gasteiger partial charge in [0.2, 0.25) is 10.0 Å². The first-order valence-electron chi connectivity index (χ1n) is 11.0. The van der Waals surface area contributed by atoms with Crippen LogP contribution in [0.15, 0.2) is 46.1 Å². The van der Waals surface area contributed by atoms with Gasteiger partial charge in [0.15, 0.2) is 11.5 Å². The molecule has 34 heavy (non-hydrogen) atoms. The first kappa shape index (κ1) is 24.2. The molecule has 0 bridgehead atoms. The Bertz CT molecular complexity index is 1370. The lowest BCUT2D eigenvalue weighted by Gasteiger charge is -2.34. The van der Waals surface area contributed by atoms with Crippen molar-refractivity contribution in [3.8, 4) is 11.5 Å². The van der Waals surface area contributed by atoms with E-state index in [4.69, 9.17) is 9.47 Å². The molecule has 4 rings (SSSR count). The largest absolute Gasteiger partial charge is 0.493 e. The van der Waals surface area contributed by atoms with Gasteiger partial charge in [-0.05, 0) is 36.8 Å². The molecule has 1 aliphatic rings. The summed E-state index contributed by atoms with van der Waals surface area (Å²) < 4.78 is 40.9. The third kappa shape index (κ3) is 4.30. The lowest BCUT2D eigenvalue weighted by atomic mass is 10.1. The monoisotopic (exact) mass is 505 g/mol. The van der Waals surface area contributed by atoms with E-state index >= 15 is 0 Å². The Kier molecular flexibility index (Phi) is 6.96. The van der Waals surface area contributed by atoms with Gasteiger partial charge in [0.25, 0.3) is 5.91 Å². The average molecular weight is 506 g/mol. The molecule has 2 heterocycles. The van der Waals surface area contributed by atoms with Crippen LogP contribution >= 0.6 is 11.3 Å². The van der Waals surface area contributed by atoms with E-state index in [0.29, 0.717) is 28.3 Å². The number of benzene rings is 2. The summed E-state index contributed by atoms with van der Waals surface area (Å²) in [5.41, 5.74) is 1.12. The number of ether oxygens (including phenoxy) is 2. The number of sulfonamides is 1. The lowest BCUT2D eigenvalue weighted by molar-refractivity contribution is 0.0694. The summed E-state index contributed by atoms with van der Waals surface area (Å²) in [6.07, 6.45) is 0.816. The maximum absolute atomic E-state index is 13.3. The summed E-state index contributed by atoms with van der Waals surface area (Å²) in [6.45, 7) is 3.43. The van der Waals surface area contributed by atoms with Gasteiger partial charge in [-0.1, -0.05) is 24.3 Å². The molecule has 9 nitrogen and oxygen atoms in total. The molecule has 0 N–H and O–H groups in total. The third-order valence-electron chi connectivity index (χ3n) is 5.88. The van der Waals surface area contributed by atoms with Gasteiger partial charge in [0, 0.05) is 32.7 Å². The zero-order valence-corrected chi connectivity index (χ0v) is 20.9. The predicted octanol–water partition coefficient (Wildman–Crippen LogP) is 2.64. The number of carbonyl (C=O) groups excluding carboxylic acids is 1. The van der Waals surface area contributed by atoms with Crippen molar-refractivity contribution in [1.82, 2.24) is 13.8 Å². The topological polar surface area (TPSA) is 98.2 Å². The first-order chi connectivity index (χ1) is 16.3. The van der Waals surface area contributed by atoms with Crippen molar-refractivity contribution in [2.75, 3.05) is 40.4 Å². The number of hydrogen-bond acceptors (Lipinski definition) is 7. The third-order valence-corrected chi connectivity index (χ3v) is 8.72. The fourth-order valence-electron chi connectivity index (χ4n) is 4.15. The van der Waals surface area contributed by atoms with Crippen LogP contribution in [-0.4, -0.2) is 68.5 Å². The Labute approximate surface area is 202 Å². The normalized spacial score (nSPS) is 15.0. The van der Waals surface area contributed by atoms with Crippen LogP contribution in [-0.2, 0) is 16.6 Å². The highest BCUT2D eigenvalue weighted by atomic mass is 32.2. The maximum Gasteiger partial charge on any atom is 0.308 e. The minimum atomic E-state index is -3.76. The number of piperazine rings is 1. The van der Waals surface area contributed by atoms with Gasteiger partial charge in [0.05, 0.1) is 34.9 Å². The van der Waals surface area contributed by atoms with Gasteiger partial charge in [-0.3, -0.25) is 14.2 Å². The highest BCUT2D eigenvalue weighted by Gasteiger charge is 2.32. The minimum Gasteiger partial charge on any atom is -0.493 e. The predicted molar refractivity (Wildman–Crippen MR) is 131 cm³/mol. The number of para-hydroxylation sites is 1. The molecule has 0 spiro atoms. The van der Waals surface area contributed by atoms with Crippen LogP contribution in [0.1, 0.15) is 23.7 Å². The second kappa shape index (κ2) is 9.77. The molecule has 0 radical (unpaired) electrons. The molecule has 182 valence electrons. The van der Waals surface area contributed by atoms with Crippen molar-refractivity contribution in [3.63, 3.8) is 0 Å². The van der Waals surface area contributed by atoms with Crippen LogP contribution in [0.3, 0.4) is 0 Å². The lowest BCUT2D eigenvalue weighted by Crippen LogP contribution is -2.50. The number of rotatable bonds is 7. The Morgan fingerprint density at radius 2 is 1.79 bits per heavy atom. The van der Waals surface area contributed by atoms with Crippen LogP contribution in [0.5, 0.6) is 11.5 Å². The zero-order valence-electron chi connectivity index (χ0n) is 19.3. The molecule has 2 aromatic carbocycles.